The van der Waals surface area contributed by atoms with Gasteiger partial charge in [0.2, 0.25) is 5.91 Å². The lowest BCUT2D eigenvalue weighted by atomic mass is 9.86. The molecule has 1 aromatic carbocycles. The van der Waals surface area contributed by atoms with Crippen LogP contribution in [0.3, 0.4) is 0 Å². The molecule has 0 spiro atoms. The molecule has 26 heavy (non-hydrogen) atoms. The Morgan fingerprint density at radius 2 is 1.85 bits per heavy atom. The molecule has 3 rings (SSSR count). The first-order valence-corrected chi connectivity index (χ1v) is 9.59. The van der Waals surface area contributed by atoms with Crippen LogP contribution < -0.4 is 5.32 Å². The van der Waals surface area contributed by atoms with Crippen molar-refractivity contribution in [3.8, 4) is 0 Å². The maximum Gasteiger partial charge on any atom is 0.217 e. The molecule has 0 aliphatic carbocycles. The Morgan fingerprint density at radius 3 is 2.46 bits per heavy atom. The smallest absolute Gasteiger partial charge is 0.217 e. The third-order valence-electron chi connectivity index (χ3n) is 5.37. The van der Waals surface area contributed by atoms with Crippen LogP contribution >= 0.6 is 0 Å². The van der Waals surface area contributed by atoms with E-state index in [1.165, 1.54) is 5.56 Å². The molecule has 0 unspecified atom stereocenters. The molecular weight excluding hydrogens is 322 g/mol. The SMILES string of the molecule is CC(=O)N[C@@H](c1ccccn1)C1CCN(C[C@@H](C)c2ccccc2)CC1. The first-order chi connectivity index (χ1) is 12.6. The minimum atomic E-state index is 0.0146. The molecule has 2 aromatic rings. The first-order valence-electron chi connectivity index (χ1n) is 9.59. The summed E-state index contributed by atoms with van der Waals surface area (Å²) in [6, 6.07) is 16.7. The molecule has 4 nitrogen and oxygen atoms in total. The Labute approximate surface area is 156 Å². The van der Waals surface area contributed by atoms with Gasteiger partial charge in [0, 0.05) is 19.7 Å². The Hall–Kier alpha value is -2.20. The van der Waals surface area contributed by atoms with E-state index in [4.69, 9.17) is 0 Å². The third-order valence-corrected chi connectivity index (χ3v) is 5.37. The number of nitrogens with zero attached hydrogens (tertiary/aromatic N) is 2. The van der Waals surface area contributed by atoms with Crippen LogP contribution in [-0.4, -0.2) is 35.4 Å². The summed E-state index contributed by atoms with van der Waals surface area (Å²) in [7, 11) is 0. The number of aromatic nitrogens is 1. The Morgan fingerprint density at radius 1 is 1.15 bits per heavy atom. The number of rotatable bonds is 6. The quantitative estimate of drug-likeness (QED) is 0.861. The van der Waals surface area contributed by atoms with Crippen molar-refractivity contribution in [1.29, 1.82) is 0 Å². The average Bonchev–Trinajstić information content (AvgIpc) is 2.68. The fourth-order valence-electron chi connectivity index (χ4n) is 3.96. The second-order valence-electron chi connectivity index (χ2n) is 7.38. The maximum atomic E-state index is 11.7. The molecule has 1 N–H and O–H groups in total. The number of nitrogens with one attached hydrogen (secondary N) is 1. The third kappa shape index (κ3) is 4.92. The summed E-state index contributed by atoms with van der Waals surface area (Å²) < 4.78 is 0. The largest absolute Gasteiger partial charge is 0.348 e. The number of amides is 1. The number of carbonyl (C=O) groups excluding carboxylic acids is 1. The number of hydrogen-bond acceptors (Lipinski definition) is 3. The van der Waals surface area contributed by atoms with Crippen LogP contribution in [0.2, 0.25) is 0 Å². The zero-order valence-corrected chi connectivity index (χ0v) is 15.8. The number of likely N-dealkylation sites (tertiary alicyclic amines) is 1. The van der Waals surface area contributed by atoms with Gasteiger partial charge in [-0.1, -0.05) is 43.3 Å². The summed E-state index contributed by atoms with van der Waals surface area (Å²) in [5.74, 6) is 0.993. The van der Waals surface area contributed by atoms with E-state index in [-0.39, 0.29) is 11.9 Å². The van der Waals surface area contributed by atoms with Crippen LogP contribution in [0.1, 0.15) is 49.9 Å². The summed E-state index contributed by atoms with van der Waals surface area (Å²) in [6.07, 6.45) is 3.98. The van der Waals surface area contributed by atoms with Gasteiger partial charge in [0.25, 0.3) is 0 Å². The van der Waals surface area contributed by atoms with Gasteiger partial charge in [-0.15, -0.1) is 0 Å². The van der Waals surface area contributed by atoms with Gasteiger partial charge < -0.3 is 10.2 Å². The summed E-state index contributed by atoms with van der Waals surface area (Å²) >= 11 is 0. The molecular formula is C22H29N3O. The molecule has 0 radical (unpaired) electrons. The first kappa shape index (κ1) is 18.6. The van der Waals surface area contributed by atoms with Crippen molar-refractivity contribution in [3.05, 3.63) is 66.0 Å². The highest BCUT2D eigenvalue weighted by Gasteiger charge is 2.29. The minimum absolute atomic E-state index is 0.0146. The number of pyridine rings is 1. The molecule has 2 heterocycles. The van der Waals surface area contributed by atoms with Crippen molar-refractivity contribution in [2.24, 2.45) is 5.92 Å². The van der Waals surface area contributed by atoms with Gasteiger partial charge in [-0.3, -0.25) is 9.78 Å². The standard InChI is InChI=1S/C22H29N3O/c1-17(19-8-4-3-5-9-19)16-25-14-11-20(12-15-25)22(24-18(2)26)21-10-6-7-13-23-21/h3-10,13,17,20,22H,11-12,14-16H2,1-2H3,(H,24,26)/t17-,22-/m1/s1. The van der Waals surface area contributed by atoms with Crippen LogP contribution in [0.15, 0.2) is 54.7 Å². The van der Waals surface area contributed by atoms with Crippen LogP contribution in [0.5, 0.6) is 0 Å². The zero-order valence-electron chi connectivity index (χ0n) is 15.8. The van der Waals surface area contributed by atoms with Gasteiger partial charge in [0.05, 0.1) is 11.7 Å². The number of benzene rings is 1. The van der Waals surface area contributed by atoms with Gasteiger partial charge >= 0.3 is 0 Å². The Bertz CT molecular complexity index is 681. The van der Waals surface area contributed by atoms with Gasteiger partial charge in [-0.2, -0.15) is 0 Å². The molecule has 1 aromatic heterocycles. The lowest BCUT2D eigenvalue weighted by Gasteiger charge is -2.37. The van der Waals surface area contributed by atoms with Crippen molar-refractivity contribution in [1.82, 2.24) is 15.2 Å². The Balaban J connectivity index is 1.58. The van der Waals surface area contributed by atoms with Gasteiger partial charge in [0.15, 0.2) is 0 Å². The topological polar surface area (TPSA) is 45.2 Å². The molecule has 1 saturated heterocycles. The number of piperidine rings is 1. The number of carbonyl (C=O) groups is 1. The van der Waals surface area contributed by atoms with Crippen molar-refractivity contribution < 1.29 is 4.79 Å². The molecule has 138 valence electrons. The van der Waals surface area contributed by atoms with Crippen molar-refractivity contribution >= 4 is 5.91 Å². The van der Waals surface area contributed by atoms with Gasteiger partial charge in [-0.25, -0.2) is 0 Å². The highest BCUT2D eigenvalue weighted by atomic mass is 16.1. The van der Waals surface area contributed by atoms with E-state index in [2.05, 4.69) is 52.5 Å². The van der Waals surface area contributed by atoms with E-state index in [0.29, 0.717) is 11.8 Å². The molecule has 1 aliphatic heterocycles. The zero-order chi connectivity index (χ0) is 18.4. The van der Waals surface area contributed by atoms with Crippen LogP contribution in [0.25, 0.3) is 0 Å². The second kappa shape index (κ2) is 8.95. The minimum Gasteiger partial charge on any atom is -0.348 e. The summed E-state index contributed by atoms with van der Waals surface area (Å²) in [4.78, 5) is 18.7. The van der Waals surface area contributed by atoms with Crippen LogP contribution in [-0.2, 0) is 4.79 Å². The van der Waals surface area contributed by atoms with E-state index in [0.717, 1.165) is 38.2 Å². The monoisotopic (exact) mass is 351 g/mol. The molecule has 0 bridgehead atoms. The fraction of sp³-hybridized carbons (Fsp3) is 0.455. The predicted octanol–water partition coefficient (Wildman–Crippen LogP) is 3.77. The summed E-state index contributed by atoms with van der Waals surface area (Å²) in [5.41, 5.74) is 2.37. The average molecular weight is 351 g/mol. The maximum absolute atomic E-state index is 11.7. The molecule has 4 heteroatoms. The van der Waals surface area contributed by atoms with E-state index in [1.54, 1.807) is 13.1 Å². The second-order valence-corrected chi connectivity index (χ2v) is 7.38. The van der Waals surface area contributed by atoms with Crippen molar-refractivity contribution in [3.63, 3.8) is 0 Å². The highest BCUT2D eigenvalue weighted by molar-refractivity contribution is 5.73. The summed E-state index contributed by atoms with van der Waals surface area (Å²) in [5, 5.41) is 3.13. The van der Waals surface area contributed by atoms with Gasteiger partial charge in [-0.05, 0) is 55.5 Å². The van der Waals surface area contributed by atoms with E-state index in [1.807, 2.05) is 18.2 Å². The van der Waals surface area contributed by atoms with E-state index in [9.17, 15) is 4.79 Å². The number of hydrogen-bond donors (Lipinski definition) is 1. The molecule has 1 fully saturated rings. The molecule has 2 atom stereocenters. The lowest BCUT2D eigenvalue weighted by Crippen LogP contribution is -2.41. The van der Waals surface area contributed by atoms with Crippen molar-refractivity contribution in [2.75, 3.05) is 19.6 Å². The van der Waals surface area contributed by atoms with E-state index >= 15 is 0 Å². The molecule has 1 amide bonds. The van der Waals surface area contributed by atoms with Crippen LogP contribution in [0.4, 0.5) is 0 Å². The normalized spacial score (nSPS) is 18.2. The fourth-order valence-corrected chi connectivity index (χ4v) is 3.96. The van der Waals surface area contributed by atoms with Gasteiger partial charge in [0.1, 0.15) is 0 Å². The van der Waals surface area contributed by atoms with E-state index < -0.39 is 0 Å². The highest BCUT2D eigenvalue weighted by Crippen LogP contribution is 2.30. The van der Waals surface area contributed by atoms with Crippen molar-refractivity contribution in [2.45, 2.75) is 38.6 Å². The molecule has 0 saturated carbocycles. The molecule has 1 aliphatic rings. The predicted molar refractivity (Wildman–Crippen MR) is 105 cm³/mol. The summed E-state index contributed by atoms with van der Waals surface area (Å²) in [6.45, 7) is 7.13. The van der Waals surface area contributed by atoms with Crippen LogP contribution in [0, 0.1) is 5.92 Å². The Kier molecular flexibility index (Phi) is 6.40. The lowest BCUT2D eigenvalue weighted by molar-refractivity contribution is -0.120.